The highest BCUT2D eigenvalue weighted by Crippen LogP contribution is 1.96. The Morgan fingerprint density at radius 1 is 1.64 bits per heavy atom. The molecule has 0 aliphatic rings. The van der Waals surface area contributed by atoms with E-state index in [1.54, 1.807) is 12.2 Å². The second kappa shape index (κ2) is 5.71. The van der Waals surface area contributed by atoms with Crippen molar-refractivity contribution in [1.82, 2.24) is 5.32 Å². The van der Waals surface area contributed by atoms with Crippen LogP contribution in [0.25, 0.3) is 0 Å². The molecule has 0 fully saturated rings. The van der Waals surface area contributed by atoms with Gasteiger partial charge in [-0.15, -0.1) is 6.58 Å². The van der Waals surface area contributed by atoms with E-state index in [2.05, 4.69) is 11.9 Å². The van der Waals surface area contributed by atoms with Crippen LogP contribution in [0, 0.1) is 0 Å². The standard InChI is InChI=1S/C9H15NO/c1-4-6-10-9(11)7-8(3)5-2/h4,7H,1,5-6H2,2-3H3,(H,10,11)/b8-7+. The smallest absolute Gasteiger partial charge is 0.244 e. The van der Waals surface area contributed by atoms with E-state index < -0.39 is 0 Å². The highest BCUT2D eigenvalue weighted by atomic mass is 16.1. The molecule has 0 spiro atoms. The van der Waals surface area contributed by atoms with Crippen molar-refractivity contribution in [3.8, 4) is 0 Å². The molecule has 0 saturated carbocycles. The summed E-state index contributed by atoms with van der Waals surface area (Å²) in [5.74, 6) is -0.0377. The summed E-state index contributed by atoms with van der Waals surface area (Å²) in [6.07, 6.45) is 4.19. The van der Waals surface area contributed by atoms with Gasteiger partial charge in [-0.2, -0.15) is 0 Å². The zero-order chi connectivity index (χ0) is 8.69. The van der Waals surface area contributed by atoms with Gasteiger partial charge in [0, 0.05) is 12.6 Å². The van der Waals surface area contributed by atoms with Gasteiger partial charge in [-0.25, -0.2) is 0 Å². The van der Waals surface area contributed by atoms with Gasteiger partial charge in [0.1, 0.15) is 0 Å². The third-order valence-electron chi connectivity index (χ3n) is 1.36. The zero-order valence-electron chi connectivity index (χ0n) is 7.18. The maximum atomic E-state index is 10.9. The van der Waals surface area contributed by atoms with E-state index in [4.69, 9.17) is 0 Å². The second-order valence-corrected chi connectivity index (χ2v) is 2.38. The Morgan fingerprint density at radius 3 is 2.73 bits per heavy atom. The lowest BCUT2D eigenvalue weighted by Gasteiger charge is -1.97. The summed E-state index contributed by atoms with van der Waals surface area (Å²) in [5.41, 5.74) is 1.09. The monoisotopic (exact) mass is 153 g/mol. The first kappa shape index (κ1) is 9.95. The van der Waals surface area contributed by atoms with E-state index in [0.717, 1.165) is 12.0 Å². The van der Waals surface area contributed by atoms with Crippen LogP contribution < -0.4 is 5.32 Å². The fraction of sp³-hybridized carbons (Fsp3) is 0.444. The molecule has 0 aliphatic heterocycles. The average molecular weight is 153 g/mol. The van der Waals surface area contributed by atoms with Crippen molar-refractivity contribution in [2.24, 2.45) is 0 Å². The van der Waals surface area contributed by atoms with Crippen molar-refractivity contribution >= 4 is 5.91 Å². The predicted molar refractivity (Wildman–Crippen MR) is 47.3 cm³/mol. The molecule has 0 aromatic heterocycles. The van der Waals surface area contributed by atoms with Crippen molar-refractivity contribution in [1.29, 1.82) is 0 Å². The third-order valence-corrected chi connectivity index (χ3v) is 1.36. The molecule has 1 amide bonds. The molecule has 0 rings (SSSR count). The molecule has 0 atom stereocenters. The van der Waals surface area contributed by atoms with E-state index >= 15 is 0 Å². The second-order valence-electron chi connectivity index (χ2n) is 2.38. The van der Waals surface area contributed by atoms with Gasteiger partial charge in [0.2, 0.25) is 5.91 Å². The molecule has 11 heavy (non-hydrogen) atoms. The normalized spacial score (nSPS) is 10.9. The number of allylic oxidation sites excluding steroid dienone is 1. The highest BCUT2D eigenvalue weighted by Gasteiger charge is 1.92. The van der Waals surface area contributed by atoms with E-state index in [-0.39, 0.29) is 5.91 Å². The van der Waals surface area contributed by atoms with Crippen LogP contribution in [0.5, 0.6) is 0 Å². The Kier molecular flexibility index (Phi) is 5.17. The maximum absolute atomic E-state index is 10.9. The van der Waals surface area contributed by atoms with Gasteiger partial charge >= 0.3 is 0 Å². The highest BCUT2D eigenvalue weighted by molar-refractivity contribution is 5.88. The number of carbonyl (C=O) groups is 1. The fourth-order valence-electron chi connectivity index (χ4n) is 0.550. The van der Waals surface area contributed by atoms with E-state index in [1.165, 1.54) is 0 Å². The van der Waals surface area contributed by atoms with Gasteiger partial charge in [0.05, 0.1) is 0 Å². The Bertz CT molecular complexity index is 170. The quantitative estimate of drug-likeness (QED) is 0.483. The molecular formula is C9H15NO. The minimum atomic E-state index is -0.0377. The first-order valence-electron chi connectivity index (χ1n) is 3.76. The van der Waals surface area contributed by atoms with Gasteiger partial charge in [-0.05, 0) is 13.3 Å². The lowest BCUT2D eigenvalue weighted by Crippen LogP contribution is -2.20. The SMILES string of the molecule is C=CCNC(=O)/C=C(\C)CC. The van der Waals surface area contributed by atoms with Crippen molar-refractivity contribution in [3.63, 3.8) is 0 Å². The largest absolute Gasteiger partial charge is 0.349 e. The molecular weight excluding hydrogens is 138 g/mol. The zero-order valence-corrected chi connectivity index (χ0v) is 7.18. The van der Waals surface area contributed by atoms with Gasteiger partial charge in [-0.1, -0.05) is 18.6 Å². The van der Waals surface area contributed by atoms with E-state index in [1.807, 2.05) is 13.8 Å². The Hall–Kier alpha value is -1.05. The van der Waals surface area contributed by atoms with E-state index in [0.29, 0.717) is 6.54 Å². The van der Waals surface area contributed by atoms with Crippen LogP contribution in [0.15, 0.2) is 24.3 Å². The third kappa shape index (κ3) is 5.40. The first-order valence-corrected chi connectivity index (χ1v) is 3.76. The number of nitrogens with one attached hydrogen (secondary N) is 1. The molecule has 0 unspecified atom stereocenters. The number of rotatable bonds is 4. The maximum Gasteiger partial charge on any atom is 0.244 e. The number of hydrogen-bond donors (Lipinski definition) is 1. The summed E-state index contributed by atoms with van der Waals surface area (Å²) in [6, 6.07) is 0. The van der Waals surface area contributed by atoms with Crippen molar-refractivity contribution in [2.45, 2.75) is 20.3 Å². The van der Waals surface area contributed by atoms with Crippen LogP contribution in [-0.2, 0) is 4.79 Å². The molecule has 0 bridgehead atoms. The van der Waals surface area contributed by atoms with Crippen LogP contribution in [0.4, 0.5) is 0 Å². The molecule has 2 nitrogen and oxygen atoms in total. The van der Waals surface area contributed by atoms with Crippen molar-refractivity contribution in [2.75, 3.05) is 6.54 Å². The fourth-order valence-corrected chi connectivity index (χ4v) is 0.550. The van der Waals surface area contributed by atoms with Gasteiger partial charge in [0.15, 0.2) is 0 Å². The topological polar surface area (TPSA) is 29.1 Å². The Balaban J connectivity index is 3.76. The summed E-state index contributed by atoms with van der Waals surface area (Å²) >= 11 is 0. The van der Waals surface area contributed by atoms with Gasteiger partial charge < -0.3 is 5.32 Å². The number of amides is 1. The molecule has 2 heteroatoms. The number of carbonyl (C=O) groups excluding carboxylic acids is 1. The molecule has 0 radical (unpaired) electrons. The summed E-state index contributed by atoms with van der Waals surface area (Å²) in [5, 5.41) is 2.66. The predicted octanol–water partition coefficient (Wildman–Crippen LogP) is 1.64. The molecule has 0 heterocycles. The molecule has 62 valence electrons. The van der Waals surface area contributed by atoms with Gasteiger partial charge in [0.25, 0.3) is 0 Å². The van der Waals surface area contributed by atoms with Crippen LogP contribution in [0.2, 0.25) is 0 Å². The van der Waals surface area contributed by atoms with E-state index in [9.17, 15) is 4.79 Å². The Morgan fingerprint density at radius 2 is 2.27 bits per heavy atom. The van der Waals surface area contributed by atoms with Crippen LogP contribution >= 0.6 is 0 Å². The molecule has 0 aromatic rings. The minimum Gasteiger partial charge on any atom is -0.349 e. The molecule has 0 aliphatic carbocycles. The Labute approximate surface area is 68.0 Å². The first-order chi connectivity index (χ1) is 5.20. The van der Waals surface area contributed by atoms with Crippen molar-refractivity contribution in [3.05, 3.63) is 24.3 Å². The summed E-state index contributed by atoms with van der Waals surface area (Å²) in [4.78, 5) is 10.9. The van der Waals surface area contributed by atoms with Crippen LogP contribution in [0.1, 0.15) is 20.3 Å². The van der Waals surface area contributed by atoms with Crippen molar-refractivity contribution < 1.29 is 4.79 Å². The van der Waals surface area contributed by atoms with Gasteiger partial charge in [-0.3, -0.25) is 4.79 Å². The minimum absolute atomic E-state index is 0.0377. The number of hydrogen-bond acceptors (Lipinski definition) is 1. The lowest BCUT2D eigenvalue weighted by atomic mass is 10.2. The molecule has 1 N–H and O–H groups in total. The molecule has 0 aromatic carbocycles. The summed E-state index contributed by atoms with van der Waals surface area (Å²) < 4.78 is 0. The molecule has 0 saturated heterocycles. The summed E-state index contributed by atoms with van der Waals surface area (Å²) in [7, 11) is 0. The van der Waals surface area contributed by atoms with Crippen LogP contribution in [0.3, 0.4) is 0 Å². The average Bonchev–Trinajstić information content (AvgIpc) is 2.00. The lowest BCUT2D eigenvalue weighted by molar-refractivity contribution is -0.116. The summed E-state index contributed by atoms with van der Waals surface area (Å²) in [6.45, 7) is 7.99. The van der Waals surface area contributed by atoms with Crippen LogP contribution in [-0.4, -0.2) is 12.5 Å².